The predicted molar refractivity (Wildman–Crippen MR) is 167 cm³/mol. The number of anilines is 2. The summed E-state index contributed by atoms with van der Waals surface area (Å²) in [6, 6.07) is 5.78. The fraction of sp³-hybridized carbons (Fsp3) is 0.267. The molecule has 1 N–H and O–H groups in total. The number of hydrogen-bond acceptors (Lipinski definition) is 8. The lowest BCUT2D eigenvalue weighted by Crippen LogP contribution is -2.50. The van der Waals surface area contributed by atoms with Crippen LogP contribution in [-0.4, -0.2) is 63.2 Å². The number of amides is 1. The van der Waals surface area contributed by atoms with E-state index in [0.717, 1.165) is 5.56 Å². The van der Waals surface area contributed by atoms with Crippen molar-refractivity contribution in [3.05, 3.63) is 79.3 Å². The molecule has 3 aliphatic rings. The number of carbonyl (C=O) groups excluding carboxylic acids is 1. The number of piperazine rings is 1. The van der Waals surface area contributed by atoms with E-state index in [-0.39, 0.29) is 22.2 Å². The number of nitrogens with zero attached hydrogens (tertiary/aromatic N) is 6. The Hall–Kier alpha value is -3.59. The molecule has 2 atom stereocenters. The van der Waals surface area contributed by atoms with Crippen molar-refractivity contribution in [2.75, 3.05) is 31.1 Å². The molecule has 226 valence electrons. The Bertz CT molecular complexity index is 1810. The maximum absolute atomic E-state index is 15.0. The van der Waals surface area contributed by atoms with Crippen LogP contribution in [0.4, 0.5) is 15.9 Å². The van der Waals surface area contributed by atoms with Crippen LogP contribution in [-0.2, 0) is 9.53 Å². The van der Waals surface area contributed by atoms with Crippen molar-refractivity contribution >= 4 is 69.5 Å². The highest BCUT2D eigenvalue weighted by Gasteiger charge is 2.45. The number of hydrogen-bond donors (Lipinski definition) is 1. The van der Waals surface area contributed by atoms with Gasteiger partial charge in [-0.15, -0.1) is 0 Å². The highest BCUT2D eigenvalue weighted by Crippen LogP contribution is 2.53. The Morgan fingerprint density at radius 1 is 1.20 bits per heavy atom. The first-order chi connectivity index (χ1) is 21.0. The maximum atomic E-state index is 15.0. The molecule has 2 aromatic heterocycles. The Balaban J connectivity index is 1.62. The minimum absolute atomic E-state index is 0.00174. The summed E-state index contributed by atoms with van der Waals surface area (Å²) < 4.78 is 21.5. The van der Waals surface area contributed by atoms with Crippen molar-refractivity contribution in [1.29, 1.82) is 5.26 Å². The number of aromatic nitrogens is 2. The van der Waals surface area contributed by atoms with E-state index in [0.29, 0.717) is 60.2 Å². The zero-order chi connectivity index (χ0) is 31.6. The van der Waals surface area contributed by atoms with Gasteiger partial charge in [-0.25, -0.2) is 9.37 Å². The molecule has 14 heteroatoms. The van der Waals surface area contributed by atoms with Gasteiger partial charge >= 0.3 is 0 Å². The van der Waals surface area contributed by atoms with Crippen molar-refractivity contribution in [1.82, 2.24) is 19.8 Å². The highest BCUT2D eigenvalue weighted by atomic mass is 35.5. The van der Waals surface area contributed by atoms with Crippen molar-refractivity contribution < 1.29 is 19.0 Å². The average molecular weight is 676 g/mol. The normalized spacial score (nSPS) is 19.3. The Morgan fingerprint density at radius 2 is 1.91 bits per heavy atom. The van der Waals surface area contributed by atoms with E-state index >= 15 is 4.39 Å². The van der Waals surface area contributed by atoms with Gasteiger partial charge in [0, 0.05) is 37.9 Å². The lowest BCUT2D eigenvalue weighted by molar-refractivity contribution is -0.127. The second kappa shape index (κ2) is 11.4. The summed E-state index contributed by atoms with van der Waals surface area (Å²) in [4.78, 5) is 27.1. The lowest BCUT2D eigenvalue weighted by atomic mass is 9.94. The molecule has 0 spiro atoms. The first kappa shape index (κ1) is 30.4. The number of phenolic OH excluding ortho intramolecular Hbond substituents is 1. The standard InChI is InChI=1S/C30H23Cl4FN6O3/c1-4-18(42)39-7-9-40(10-8-39)27-15-11-17(31)25(19-20(32)23(35)21(33)22(34)28(19)43)38-29(15)41-26-13(2)5-6-37-24(26)14(3)44-30(41)16(27)12-36/h4-6,11,14,30,43H,1,7-10H2,2-3H3. The molecule has 1 aromatic carbocycles. The predicted octanol–water partition coefficient (Wildman–Crippen LogP) is 7.04. The topological polar surface area (TPSA) is 106 Å². The number of aryl methyl sites for hydroxylation is 1. The van der Waals surface area contributed by atoms with Crippen LogP contribution in [0.3, 0.4) is 0 Å². The van der Waals surface area contributed by atoms with E-state index in [2.05, 4.69) is 17.6 Å². The molecule has 3 aromatic rings. The minimum Gasteiger partial charge on any atom is -0.506 e. The van der Waals surface area contributed by atoms with Gasteiger partial charge in [-0.1, -0.05) is 53.0 Å². The van der Waals surface area contributed by atoms with Crippen molar-refractivity contribution in [3.63, 3.8) is 0 Å². The molecule has 1 amide bonds. The molecule has 44 heavy (non-hydrogen) atoms. The summed E-state index contributed by atoms with van der Waals surface area (Å²) in [5.74, 6) is -1.51. The second-order valence-electron chi connectivity index (χ2n) is 10.4. The molecule has 5 heterocycles. The van der Waals surface area contributed by atoms with E-state index in [1.807, 2.05) is 24.8 Å². The molecule has 0 bridgehead atoms. The van der Waals surface area contributed by atoms with Gasteiger partial charge < -0.3 is 19.6 Å². The number of carbonyl (C=O) groups is 1. The number of phenols is 1. The monoisotopic (exact) mass is 674 g/mol. The third-order valence-electron chi connectivity index (χ3n) is 7.97. The molecule has 1 fully saturated rings. The first-order valence-electron chi connectivity index (χ1n) is 13.5. The summed E-state index contributed by atoms with van der Waals surface area (Å²) in [5.41, 5.74) is 3.18. The van der Waals surface area contributed by atoms with Gasteiger partial charge in [0.05, 0.1) is 38.4 Å². The molecule has 2 unspecified atom stereocenters. The van der Waals surface area contributed by atoms with Crippen LogP contribution in [0.1, 0.15) is 29.8 Å². The van der Waals surface area contributed by atoms with Gasteiger partial charge in [-0.2, -0.15) is 5.26 Å². The van der Waals surface area contributed by atoms with Crippen molar-refractivity contribution in [2.45, 2.75) is 26.2 Å². The number of nitriles is 1. The third kappa shape index (κ3) is 4.57. The third-order valence-corrected chi connectivity index (χ3v) is 9.43. The van der Waals surface area contributed by atoms with Gasteiger partial charge in [0.1, 0.15) is 39.4 Å². The molecule has 6 rings (SSSR count). The molecule has 1 saturated heterocycles. The van der Waals surface area contributed by atoms with Gasteiger partial charge in [-0.3, -0.25) is 14.7 Å². The van der Waals surface area contributed by atoms with Crippen LogP contribution in [0.25, 0.3) is 17.0 Å². The molecule has 3 aliphatic heterocycles. The summed E-state index contributed by atoms with van der Waals surface area (Å²) in [5, 5.41) is 20.0. The van der Waals surface area contributed by atoms with Crippen molar-refractivity contribution in [2.24, 2.45) is 0 Å². The van der Waals surface area contributed by atoms with E-state index < -0.39 is 39.0 Å². The van der Waals surface area contributed by atoms with Crippen LogP contribution in [0.2, 0.25) is 20.1 Å². The fourth-order valence-corrected chi connectivity index (χ4v) is 6.80. The van der Waals surface area contributed by atoms with E-state index in [9.17, 15) is 15.2 Å². The zero-order valence-corrected chi connectivity index (χ0v) is 26.4. The molecule has 9 nitrogen and oxygen atoms in total. The van der Waals surface area contributed by atoms with E-state index in [1.165, 1.54) is 6.08 Å². The van der Waals surface area contributed by atoms with Gasteiger partial charge in [0.25, 0.3) is 0 Å². The smallest absolute Gasteiger partial charge is 0.246 e. The molecule has 0 saturated carbocycles. The fourth-order valence-electron chi connectivity index (χ4n) is 5.87. The van der Waals surface area contributed by atoms with Crippen LogP contribution < -0.4 is 4.90 Å². The summed E-state index contributed by atoms with van der Waals surface area (Å²) >= 11 is 25.3. The SMILES string of the molecule is C=CC(=O)N1CCN(C2=C(C#N)C3OC(C)c4nccc(C)c4N3c3nc(-c4c(O)c(Cl)c(Cl)c(F)c4Cl)c(Cl)cc32)CC1. The number of rotatable bonds is 3. The quantitative estimate of drug-likeness (QED) is 0.179. The summed E-state index contributed by atoms with van der Waals surface area (Å²) in [6.45, 7) is 8.93. The lowest BCUT2D eigenvalue weighted by Gasteiger charge is -2.47. The molecular weight excluding hydrogens is 653 g/mol. The summed E-state index contributed by atoms with van der Waals surface area (Å²) in [6.07, 6.45) is 1.55. The highest BCUT2D eigenvalue weighted by molar-refractivity contribution is 6.45. The zero-order valence-electron chi connectivity index (χ0n) is 23.3. The molecule has 0 aliphatic carbocycles. The summed E-state index contributed by atoms with van der Waals surface area (Å²) in [7, 11) is 0. The van der Waals surface area contributed by atoms with E-state index in [1.54, 1.807) is 22.1 Å². The number of halogens is 5. The van der Waals surface area contributed by atoms with Crippen LogP contribution in [0.15, 0.2) is 36.6 Å². The number of pyridine rings is 2. The van der Waals surface area contributed by atoms with Gasteiger partial charge in [0.2, 0.25) is 5.91 Å². The van der Waals surface area contributed by atoms with Crippen LogP contribution >= 0.6 is 46.4 Å². The van der Waals surface area contributed by atoms with E-state index in [4.69, 9.17) is 56.1 Å². The van der Waals surface area contributed by atoms with Crippen LogP contribution in [0, 0.1) is 24.1 Å². The number of benzene rings is 1. The maximum Gasteiger partial charge on any atom is 0.246 e. The Labute approximate surface area is 272 Å². The Morgan fingerprint density at radius 3 is 2.57 bits per heavy atom. The number of aromatic hydroxyl groups is 1. The van der Waals surface area contributed by atoms with Gasteiger partial charge in [0.15, 0.2) is 12.0 Å². The van der Waals surface area contributed by atoms with Crippen molar-refractivity contribution in [3.8, 4) is 23.1 Å². The largest absolute Gasteiger partial charge is 0.506 e. The Kier molecular flexibility index (Phi) is 7.89. The minimum atomic E-state index is -1.04. The molecule has 0 radical (unpaired) electrons. The first-order valence-corrected chi connectivity index (χ1v) is 15.0. The average Bonchev–Trinajstić information content (AvgIpc) is 3.02. The number of ether oxygens (including phenoxy) is 1. The second-order valence-corrected chi connectivity index (χ2v) is 12.0. The number of fused-ring (bicyclic) bond motifs is 5. The van der Waals surface area contributed by atoms with Crippen LogP contribution in [0.5, 0.6) is 5.75 Å². The molecular formula is C30H23Cl4FN6O3. The van der Waals surface area contributed by atoms with Gasteiger partial charge in [-0.05, 0) is 37.6 Å².